The molecule has 1 atom stereocenters. The molecule has 0 spiro atoms. The Labute approximate surface area is 125 Å². The molecule has 1 fully saturated rings. The molecule has 1 aromatic carbocycles. The van der Waals surface area contributed by atoms with Crippen LogP contribution < -0.4 is 5.32 Å². The smallest absolute Gasteiger partial charge is 0.253 e. The number of rotatable bonds is 2. The van der Waals surface area contributed by atoms with Crippen LogP contribution in [0.5, 0.6) is 0 Å². The Hall–Kier alpha value is -1.56. The number of nitrogens with zero attached hydrogens (tertiary/aromatic N) is 1. The number of aryl methyl sites for hydroxylation is 1. The van der Waals surface area contributed by atoms with Crippen LogP contribution in [-0.4, -0.2) is 50.4 Å². The number of anilines is 1. The van der Waals surface area contributed by atoms with E-state index in [0.29, 0.717) is 12.0 Å². The first-order valence-electron chi connectivity index (χ1n) is 7.31. The molecule has 0 radical (unpaired) electrons. The molecule has 0 saturated carbocycles. The van der Waals surface area contributed by atoms with Gasteiger partial charge < -0.3 is 10.2 Å². The van der Waals surface area contributed by atoms with E-state index in [2.05, 4.69) is 5.32 Å². The van der Waals surface area contributed by atoms with Crippen LogP contribution in [0.4, 0.5) is 5.69 Å². The summed E-state index contributed by atoms with van der Waals surface area (Å²) < 4.78 is 23.1. The van der Waals surface area contributed by atoms with E-state index in [1.165, 1.54) is 5.56 Å². The number of amides is 1. The van der Waals surface area contributed by atoms with Gasteiger partial charge in [0.05, 0.1) is 11.5 Å². The van der Waals surface area contributed by atoms with Crippen molar-refractivity contribution >= 4 is 21.4 Å². The number of sulfone groups is 1. The molecule has 0 bridgehead atoms. The molecular weight excluding hydrogens is 288 g/mol. The highest BCUT2D eigenvalue weighted by molar-refractivity contribution is 7.91. The molecule has 2 heterocycles. The first kappa shape index (κ1) is 14.4. The number of carbonyl (C=O) groups is 1. The number of hydrogen-bond donors (Lipinski definition) is 1. The summed E-state index contributed by atoms with van der Waals surface area (Å²) in [6.45, 7) is 0.972. The maximum Gasteiger partial charge on any atom is 0.253 e. The Morgan fingerprint density at radius 3 is 2.90 bits per heavy atom. The van der Waals surface area contributed by atoms with Crippen LogP contribution in [0.15, 0.2) is 18.2 Å². The summed E-state index contributed by atoms with van der Waals surface area (Å²) in [5, 5.41) is 3.32. The van der Waals surface area contributed by atoms with E-state index in [4.69, 9.17) is 0 Å². The Bertz CT molecular complexity index is 669. The van der Waals surface area contributed by atoms with Crippen molar-refractivity contribution < 1.29 is 13.2 Å². The summed E-state index contributed by atoms with van der Waals surface area (Å²) in [7, 11) is -1.27. The van der Waals surface area contributed by atoms with Crippen LogP contribution in [0.2, 0.25) is 0 Å². The summed E-state index contributed by atoms with van der Waals surface area (Å²) in [6.07, 6.45) is 2.59. The van der Waals surface area contributed by atoms with Crippen molar-refractivity contribution in [2.24, 2.45) is 0 Å². The molecule has 2 aliphatic heterocycles. The van der Waals surface area contributed by atoms with Gasteiger partial charge in [-0.2, -0.15) is 0 Å². The second-order valence-corrected chi connectivity index (χ2v) is 8.10. The third-order valence-corrected chi connectivity index (χ3v) is 6.12. The van der Waals surface area contributed by atoms with E-state index in [0.717, 1.165) is 25.1 Å². The topological polar surface area (TPSA) is 66.5 Å². The number of fused-ring (bicyclic) bond motifs is 1. The Balaban J connectivity index is 1.79. The van der Waals surface area contributed by atoms with Crippen molar-refractivity contribution in [2.75, 3.05) is 30.4 Å². The van der Waals surface area contributed by atoms with Crippen molar-refractivity contribution in [1.29, 1.82) is 0 Å². The maximum atomic E-state index is 12.5. The Kier molecular flexibility index (Phi) is 3.65. The van der Waals surface area contributed by atoms with Crippen molar-refractivity contribution in [3.63, 3.8) is 0 Å². The largest absolute Gasteiger partial charge is 0.385 e. The molecule has 3 rings (SSSR count). The minimum Gasteiger partial charge on any atom is -0.385 e. The zero-order chi connectivity index (χ0) is 15.0. The lowest BCUT2D eigenvalue weighted by Crippen LogP contribution is -2.37. The van der Waals surface area contributed by atoms with E-state index < -0.39 is 9.84 Å². The summed E-state index contributed by atoms with van der Waals surface area (Å²) >= 11 is 0. The minimum absolute atomic E-state index is 0.0851. The molecule has 1 saturated heterocycles. The molecule has 1 unspecified atom stereocenters. The van der Waals surface area contributed by atoms with Gasteiger partial charge in [-0.1, -0.05) is 0 Å². The zero-order valence-corrected chi connectivity index (χ0v) is 12.9. The molecule has 1 amide bonds. The minimum atomic E-state index is -2.97. The first-order valence-corrected chi connectivity index (χ1v) is 9.13. The lowest BCUT2D eigenvalue weighted by Gasteiger charge is -2.25. The predicted octanol–water partition coefficient (Wildman–Crippen LogP) is 1.30. The summed E-state index contributed by atoms with van der Waals surface area (Å²) in [4.78, 5) is 14.1. The Morgan fingerprint density at radius 1 is 1.38 bits per heavy atom. The van der Waals surface area contributed by atoms with Crippen LogP contribution in [-0.2, 0) is 16.3 Å². The van der Waals surface area contributed by atoms with Crippen LogP contribution in [0, 0.1) is 0 Å². The summed E-state index contributed by atoms with van der Waals surface area (Å²) in [5.41, 5.74) is 2.91. The van der Waals surface area contributed by atoms with Crippen molar-refractivity contribution in [3.8, 4) is 0 Å². The second kappa shape index (κ2) is 5.33. The fourth-order valence-electron chi connectivity index (χ4n) is 3.06. The first-order chi connectivity index (χ1) is 9.96. The molecule has 1 N–H and O–H groups in total. The van der Waals surface area contributed by atoms with Gasteiger partial charge in [-0.05, 0) is 43.0 Å². The van der Waals surface area contributed by atoms with Crippen LogP contribution >= 0.6 is 0 Å². The van der Waals surface area contributed by atoms with Gasteiger partial charge in [0.25, 0.3) is 5.91 Å². The summed E-state index contributed by atoms with van der Waals surface area (Å²) in [6, 6.07) is 5.50. The van der Waals surface area contributed by atoms with Gasteiger partial charge >= 0.3 is 0 Å². The van der Waals surface area contributed by atoms with Gasteiger partial charge in [0.2, 0.25) is 0 Å². The molecular formula is C15H20N2O3S. The fraction of sp³-hybridized carbons (Fsp3) is 0.533. The monoisotopic (exact) mass is 308 g/mol. The van der Waals surface area contributed by atoms with Gasteiger partial charge in [0.15, 0.2) is 9.84 Å². The molecule has 114 valence electrons. The van der Waals surface area contributed by atoms with E-state index in [9.17, 15) is 13.2 Å². The van der Waals surface area contributed by atoms with Crippen molar-refractivity contribution in [2.45, 2.75) is 25.3 Å². The van der Waals surface area contributed by atoms with E-state index >= 15 is 0 Å². The maximum absolute atomic E-state index is 12.5. The van der Waals surface area contributed by atoms with Gasteiger partial charge in [-0.15, -0.1) is 0 Å². The molecule has 1 aromatic rings. The third kappa shape index (κ3) is 2.90. The molecule has 2 aliphatic rings. The van der Waals surface area contributed by atoms with Gasteiger partial charge in [0, 0.05) is 30.9 Å². The SMILES string of the molecule is CN(C(=O)c1ccc2c(c1)CCCN2)C1CCS(=O)(=O)C1. The average molecular weight is 308 g/mol. The van der Waals surface area contributed by atoms with Gasteiger partial charge in [-0.25, -0.2) is 8.42 Å². The molecule has 5 nitrogen and oxygen atoms in total. The second-order valence-electron chi connectivity index (χ2n) is 5.88. The highest BCUT2D eigenvalue weighted by Crippen LogP contribution is 2.24. The molecule has 0 aliphatic carbocycles. The summed E-state index contributed by atoms with van der Waals surface area (Å²) in [5.74, 6) is 0.177. The Morgan fingerprint density at radius 2 is 2.19 bits per heavy atom. The lowest BCUT2D eigenvalue weighted by atomic mass is 10.00. The van der Waals surface area contributed by atoms with E-state index in [-0.39, 0.29) is 23.5 Å². The normalized spacial score (nSPS) is 23.2. The highest BCUT2D eigenvalue weighted by atomic mass is 32.2. The fourth-order valence-corrected chi connectivity index (χ4v) is 4.83. The number of carbonyl (C=O) groups excluding carboxylic acids is 1. The third-order valence-electron chi connectivity index (χ3n) is 4.37. The van der Waals surface area contributed by atoms with E-state index in [1.54, 1.807) is 11.9 Å². The quantitative estimate of drug-likeness (QED) is 0.894. The van der Waals surface area contributed by atoms with Crippen molar-refractivity contribution in [1.82, 2.24) is 4.90 Å². The highest BCUT2D eigenvalue weighted by Gasteiger charge is 2.33. The molecule has 21 heavy (non-hydrogen) atoms. The predicted molar refractivity (Wildman–Crippen MR) is 82.4 cm³/mol. The van der Waals surface area contributed by atoms with Crippen LogP contribution in [0.25, 0.3) is 0 Å². The average Bonchev–Trinajstić information content (AvgIpc) is 2.85. The lowest BCUT2D eigenvalue weighted by molar-refractivity contribution is 0.0747. The standard InChI is InChI=1S/C15H20N2O3S/c1-17(13-6-8-21(19,20)10-13)15(18)12-4-5-14-11(9-12)3-2-7-16-14/h4-5,9,13,16H,2-3,6-8,10H2,1H3. The van der Waals surface area contributed by atoms with E-state index in [1.807, 2.05) is 18.2 Å². The van der Waals surface area contributed by atoms with Crippen LogP contribution in [0.3, 0.4) is 0 Å². The molecule has 0 aromatic heterocycles. The number of hydrogen-bond acceptors (Lipinski definition) is 4. The van der Waals surface area contributed by atoms with Crippen LogP contribution in [0.1, 0.15) is 28.8 Å². The molecule has 6 heteroatoms. The zero-order valence-electron chi connectivity index (χ0n) is 12.1. The van der Waals surface area contributed by atoms with Crippen molar-refractivity contribution in [3.05, 3.63) is 29.3 Å². The number of nitrogens with one attached hydrogen (secondary N) is 1. The van der Waals surface area contributed by atoms with Gasteiger partial charge in [-0.3, -0.25) is 4.79 Å². The van der Waals surface area contributed by atoms with Gasteiger partial charge in [0.1, 0.15) is 0 Å². The number of benzene rings is 1.